The number of rotatable bonds is 2. The molecule has 3 aromatic carbocycles. The largest absolute Gasteiger partial charge is 0.0616 e. The van der Waals surface area contributed by atoms with Crippen molar-refractivity contribution in [3.05, 3.63) is 99.9 Å². The molecule has 1 aliphatic carbocycles. The minimum Gasteiger partial charge on any atom is -0.0616 e. The summed E-state index contributed by atoms with van der Waals surface area (Å²) in [5.41, 5.74) is 16.5. The Kier molecular flexibility index (Phi) is 3.19. The highest BCUT2D eigenvalue weighted by Gasteiger charge is 2.21. The Morgan fingerprint density at radius 1 is 0.696 bits per heavy atom. The molecular formula is C20H13N3. The molecule has 0 aromatic heterocycles. The predicted octanol–water partition coefficient (Wildman–Crippen LogP) is 6.20. The molecule has 1 aliphatic rings. The van der Waals surface area contributed by atoms with E-state index < -0.39 is 0 Å². The summed E-state index contributed by atoms with van der Waals surface area (Å²) >= 11 is 0. The van der Waals surface area contributed by atoms with Crippen LogP contribution in [0.25, 0.3) is 33.2 Å². The number of fused-ring (bicyclic) bond motifs is 3. The molecule has 4 rings (SSSR count). The van der Waals surface area contributed by atoms with E-state index in [0.29, 0.717) is 5.69 Å². The molecule has 0 amide bonds. The zero-order valence-corrected chi connectivity index (χ0v) is 12.3. The fourth-order valence-corrected chi connectivity index (χ4v) is 3.06. The zero-order chi connectivity index (χ0) is 15.6. The third-order valence-corrected chi connectivity index (χ3v) is 4.09. The van der Waals surface area contributed by atoms with Gasteiger partial charge in [-0.2, -0.15) is 0 Å². The van der Waals surface area contributed by atoms with E-state index in [1.807, 2.05) is 24.3 Å². The smallest absolute Gasteiger partial charge is 0.0375 e. The Morgan fingerprint density at radius 2 is 1.22 bits per heavy atom. The SMILES string of the molecule is [N-]=[N+]=Nc1ccc(C=C2c3ccccc3-c3ccccc32)cc1. The average Bonchev–Trinajstić information content (AvgIpc) is 2.92. The van der Waals surface area contributed by atoms with Crippen LogP contribution in [0.3, 0.4) is 0 Å². The van der Waals surface area contributed by atoms with Gasteiger partial charge in [-0.3, -0.25) is 0 Å². The van der Waals surface area contributed by atoms with Crippen molar-refractivity contribution in [2.75, 3.05) is 0 Å². The predicted molar refractivity (Wildman–Crippen MR) is 94.1 cm³/mol. The van der Waals surface area contributed by atoms with Crippen LogP contribution in [0.2, 0.25) is 0 Å². The van der Waals surface area contributed by atoms with Crippen molar-refractivity contribution in [3.8, 4) is 11.1 Å². The highest BCUT2D eigenvalue weighted by atomic mass is 15.1. The van der Waals surface area contributed by atoms with Gasteiger partial charge in [0.2, 0.25) is 0 Å². The summed E-state index contributed by atoms with van der Waals surface area (Å²) in [5, 5.41) is 3.61. The summed E-state index contributed by atoms with van der Waals surface area (Å²) in [7, 11) is 0. The van der Waals surface area contributed by atoms with E-state index >= 15 is 0 Å². The van der Waals surface area contributed by atoms with Gasteiger partial charge in [0.15, 0.2) is 0 Å². The summed E-state index contributed by atoms with van der Waals surface area (Å²) in [6, 6.07) is 24.6. The third kappa shape index (κ3) is 2.30. The van der Waals surface area contributed by atoms with Crippen LogP contribution in [0, 0.1) is 0 Å². The lowest BCUT2D eigenvalue weighted by Gasteiger charge is -2.03. The first-order valence-electron chi connectivity index (χ1n) is 7.43. The number of azide groups is 1. The normalized spacial score (nSPS) is 11.4. The van der Waals surface area contributed by atoms with Gasteiger partial charge in [0.05, 0.1) is 0 Å². The molecule has 0 heterocycles. The molecule has 23 heavy (non-hydrogen) atoms. The summed E-state index contributed by atoms with van der Waals surface area (Å²) < 4.78 is 0. The Hall–Kier alpha value is -3.29. The lowest BCUT2D eigenvalue weighted by Crippen LogP contribution is -1.81. The van der Waals surface area contributed by atoms with Gasteiger partial charge in [0.1, 0.15) is 0 Å². The Labute approximate surface area is 134 Å². The first-order valence-corrected chi connectivity index (χ1v) is 7.43. The van der Waals surface area contributed by atoms with Crippen molar-refractivity contribution in [2.24, 2.45) is 5.11 Å². The van der Waals surface area contributed by atoms with Crippen LogP contribution in [0.1, 0.15) is 16.7 Å². The van der Waals surface area contributed by atoms with Crippen molar-refractivity contribution >= 4 is 17.3 Å². The van der Waals surface area contributed by atoms with Crippen molar-refractivity contribution in [2.45, 2.75) is 0 Å². The van der Waals surface area contributed by atoms with Crippen LogP contribution in [0.5, 0.6) is 0 Å². The topological polar surface area (TPSA) is 48.8 Å². The summed E-state index contributed by atoms with van der Waals surface area (Å²) in [6.45, 7) is 0. The van der Waals surface area contributed by atoms with Crippen LogP contribution in [-0.2, 0) is 0 Å². The molecule has 0 N–H and O–H groups in total. The van der Waals surface area contributed by atoms with Crippen molar-refractivity contribution in [3.63, 3.8) is 0 Å². The van der Waals surface area contributed by atoms with E-state index in [1.54, 1.807) is 0 Å². The molecule has 0 aliphatic heterocycles. The number of hydrogen-bond donors (Lipinski definition) is 0. The second-order valence-corrected chi connectivity index (χ2v) is 5.43. The lowest BCUT2D eigenvalue weighted by atomic mass is 10.0. The van der Waals surface area contributed by atoms with Crippen LogP contribution >= 0.6 is 0 Å². The fraction of sp³-hybridized carbons (Fsp3) is 0. The molecule has 3 aromatic rings. The number of benzene rings is 3. The molecule has 0 unspecified atom stereocenters. The van der Waals surface area contributed by atoms with Crippen molar-refractivity contribution in [1.29, 1.82) is 0 Å². The lowest BCUT2D eigenvalue weighted by molar-refractivity contribution is 1.47. The van der Waals surface area contributed by atoms with Crippen LogP contribution < -0.4 is 0 Å². The fourth-order valence-electron chi connectivity index (χ4n) is 3.06. The third-order valence-electron chi connectivity index (χ3n) is 4.09. The van der Waals surface area contributed by atoms with Gasteiger partial charge < -0.3 is 0 Å². The first kappa shape index (κ1) is 13.4. The highest BCUT2D eigenvalue weighted by Crippen LogP contribution is 2.44. The van der Waals surface area contributed by atoms with Gasteiger partial charge in [-0.25, -0.2) is 0 Å². The molecule has 3 heteroatoms. The van der Waals surface area contributed by atoms with Gasteiger partial charge in [0.25, 0.3) is 0 Å². The monoisotopic (exact) mass is 295 g/mol. The van der Waals surface area contributed by atoms with Gasteiger partial charge in [0, 0.05) is 10.6 Å². The minimum absolute atomic E-state index is 0.627. The zero-order valence-electron chi connectivity index (χ0n) is 12.3. The summed E-state index contributed by atoms with van der Waals surface area (Å²) in [6.07, 6.45) is 2.19. The second kappa shape index (κ2) is 5.48. The maximum atomic E-state index is 8.48. The van der Waals surface area contributed by atoms with Crippen LogP contribution in [0.4, 0.5) is 5.69 Å². The Balaban J connectivity index is 1.86. The van der Waals surface area contributed by atoms with Crippen molar-refractivity contribution in [1.82, 2.24) is 0 Å². The first-order chi connectivity index (χ1) is 11.4. The van der Waals surface area contributed by atoms with E-state index in [4.69, 9.17) is 5.53 Å². The van der Waals surface area contributed by atoms with E-state index in [1.165, 1.54) is 27.8 Å². The molecule has 0 bridgehead atoms. The van der Waals surface area contributed by atoms with E-state index in [-0.39, 0.29) is 0 Å². The molecule has 108 valence electrons. The van der Waals surface area contributed by atoms with Gasteiger partial charge in [-0.05, 0) is 45.0 Å². The van der Waals surface area contributed by atoms with Crippen LogP contribution in [0.15, 0.2) is 77.9 Å². The molecule has 0 saturated carbocycles. The molecule has 0 saturated heterocycles. The molecule has 0 radical (unpaired) electrons. The molecule has 0 spiro atoms. The van der Waals surface area contributed by atoms with Crippen molar-refractivity contribution < 1.29 is 0 Å². The average molecular weight is 295 g/mol. The standard InChI is InChI=1S/C20H13N3/c21-23-22-15-11-9-14(10-12-15)13-20-18-7-3-1-5-16(18)17-6-2-4-8-19(17)20/h1-13H. The number of nitrogens with zero attached hydrogens (tertiary/aromatic N) is 3. The van der Waals surface area contributed by atoms with Crippen LogP contribution in [-0.4, -0.2) is 0 Å². The van der Waals surface area contributed by atoms with Gasteiger partial charge in [-0.1, -0.05) is 77.9 Å². The minimum atomic E-state index is 0.627. The maximum Gasteiger partial charge on any atom is 0.0375 e. The molecule has 0 atom stereocenters. The second-order valence-electron chi connectivity index (χ2n) is 5.43. The molecular weight excluding hydrogens is 282 g/mol. The molecule has 0 fully saturated rings. The van der Waals surface area contributed by atoms with E-state index in [0.717, 1.165) is 5.56 Å². The van der Waals surface area contributed by atoms with E-state index in [9.17, 15) is 0 Å². The quantitative estimate of drug-likeness (QED) is 0.240. The molecule has 3 nitrogen and oxygen atoms in total. The van der Waals surface area contributed by atoms with E-state index in [2.05, 4.69) is 64.6 Å². The highest BCUT2D eigenvalue weighted by molar-refractivity contribution is 6.06. The number of hydrogen-bond acceptors (Lipinski definition) is 1. The summed E-state index contributed by atoms with van der Waals surface area (Å²) in [5.74, 6) is 0. The maximum absolute atomic E-state index is 8.48. The van der Waals surface area contributed by atoms with Gasteiger partial charge in [-0.15, -0.1) is 0 Å². The Morgan fingerprint density at radius 3 is 1.74 bits per heavy atom. The van der Waals surface area contributed by atoms with Gasteiger partial charge >= 0.3 is 0 Å². The Bertz CT molecular complexity index is 915. The summed E-state index contributed by atoms with van der Waals surface area (Å²) in [4.78, 5) is 2.81.